The second kappa shape index (κ2) is 7.84. The maximum Gasteiger partial charge on any atom is 0.255 e. The number of halogens is 2. The van der Waals surface area contributed by atoms with Gasteiger partial charge in [0.2, 0.25) is 0 Å². The van der Waals surface area contributed by atoms with Crippen molar-refractivity contribution in [2.24, 2.45) is 0 Å². The summed E-state index contributed by atoms with van der Waals surface area (Å²) in [7, 11) is 0. The summed E-state index contributed by atoms with van der Waals surface area (Å²) in [4.78, 5) is 12.4. The number of rotatable bonds is 4. The van der Waals surface area contributed by atoms with E-state index < -0.39 is 0 Å². The van der Waals surface area contributed by atoms with Crippen molar-refractivity contribution >= 4 is 34.8 Å². The molecule has 28 heavy (non-hydrogen) atoms. The molecular formula is C21H14Cl2N4O. The van der Waals surface area contributed by atoms with Gasteiger partial charge in [-0.05, 0) is 60.7 Å². The lowest BCUT2D eigenvalue weighted by atomic mass is 10.1. The van der Waals surface area contributed by atoms with E-state index >= 15 is 0 Å². The third-order valence-corrected chi connectivity index (χ3v) is 4.67. The minimum atomic E-state index is -0.203. The molecule has 0 unspecified atom stereocenters. The number of anilines is 1. The summed E-state index contributed by atoms with van der Waals surface area (Å²) < 4.78 is 1.71. The van der Waals surface area contributed by atoms with E-state index in [2.05, 4.69) is 15.6 Å². The first-order chi connectivity index (χ1) is 13.6. The summed E-state index contributed by atoms with van der Waals surface area (Å²) in [6.45, 7) is 0. The van der Waals surface area contributed by atoms with E-state index in [1.807, 2.05) is 36.4 Å². The topological polar surface area (TPSA) is 59.8 Å². The van der Waals surface area contributed by atoms with Gasteiger partial charge in [0, 0.05) is 26.9 Å². The van der Waals surface area contributed by atoms with Crippen LogP contribution in [0.25, 0.3) is 16.9 Å². The average Bonchev–Trinajstić information content (AvgIpc) is 3.20. The molecule has 4 rings (SSSR count). The maximum atomic E-state index is 12.4. The van der Waals surface area contributed by atoms with Gasteiger partial charge in [-0.25, -0.2) is 4.68 Å². The molecule has 0 aliphatic rings. The zero-order chi connectivity index (χ0) is 19.5. The van der Waals surface area contributed by atoms with E-state index in [0.717, 1.165) is 16.9 Å². The van der Waals surface area contributed by atoms with Gasteiger partial charge >= 0.3 is 0 Å². The number of hydrogen-bond donors (Lipinski definition) is 1. The molecule has 1 N–H and O–H groups in total. The van der Waals surface area contributed by atoms with Crippen molar-refractivity contribution in [3.63, 3.8) is 0 Å². The SMILES string of the molecule is O=C(Nc1ccc(Cl)cc1)c1ccc(-n2nncc2-c2ccc(Cl)cc2)cc1. The molecule has 7 heteroatoms. The highest BCUT2D eigenvalue weighted by molar-refractivity contribution is 6.31. The van der Waals surface area contributed by atoms with Gasteiger partial charge in [0.25, 0.3) is 5.91 Å². The zero-order valence-corrected chi connectivity index (χ0v) is 16.0. The molecule has 0 aliphatic carbocycles. The van der Waals surface area contributed by atoms with Crippen LogP contribution in [0.5, 0.6) is 0 Å². The van der Waals surface area contributed by atoms with E-state index in [1.54, 1.807) is 47.3 Å². The van der Waals surface area contributed by atoms with Gasteiger partial charge in [-0.15, -0.1) is 5.10 Å². The quantitative estimate of drug-likeness (QED) is 0.485. The molecule has 1 aromatic heterocycles. The normalized spacial score (nSPS) is 10.6. The van der Waals surface area contributed by atoms with Gasteiger partial charge in [0.15, 0.2) is 0 Å². The average molecular weight is 409 g/mol. The summed E-state index contributed by atoms with van der Waals surface area (Å²) in [5.74, 6) is -0.203. The van der Waals surface area contributed by atoms with Crippen molar-refractivity contribution in [2.45, 2.75) is 0 Å². The van der Waals surface area contributed by atoms with Gasteiger partial charge in [0.1, 0.15) is 0 Å². The molecule has 0 saturated heterocycles. The Morgan fingerprint density at radius 1 is 0.821 bits per heavy atom. The molecule has 1 heterocycles. The molecule has 0 fully saturated rings. The highest BCUT2D eigenvalue weighted by Crippen LogP contribution is 2.23. The first kappa shape index (κ1) is 18.2. The van der Waals surface area contributed by atoms with Crippen molar-refractivity contribution in [3.05, 3.63) is 94.6 Å². The molecule has 3 aromatic carbocycles. The molecule has 0 bridgehead atoms. The molecule has 0 radical (unpaired) electrons. The van der Waals surface area contributed by atoms with Gasteiger partial charge in [-0.3, -0.25) is 4.79 Å². The number of nitrogens with one attached hydrogen (secondary N) is 1. The number of amides is 1. The highest BCUT2D eigenvalue weighted by atomic mass is 35.5. The van der Waals surface area contributed by atoms with Crippen LogP contribution in [0, 0.1) is 0 Å². The van der Waals surface area contributed by atoms with Crippen molar-refractivity contribution in [3.8, 4) is 16.9 Å². The van der Waals surface area contributed by atoms with Crippen LogP contribution in [0.4, 0.5) is 5.69 Å². The summed E-state index contributed by atoms with van der Waals surface area (Å²) in [6.07, 6.45) is 1.68. The van der Waals surface area contributed by atoms with Gasteiger partial charge in [-0.2, -0.15) is 0 Å². The molecule has 0 atom stereocenters. The molecule has 0 saturated carbocycles. The minimum absolute atomic E-state index is 0.203. The predicted octanol–water partition coefficient (Wildman–Crippen LogP) is 5.49. The Morgan fingerprint density at radius 3 is 2.07 bits per heavy atom. The second-order valence-electron chi connectivity index (χ2n) is 6.05. The van der Waals surface area contributed by atoms with Crippen molar-refractivity contribution in [2.75, 3.05) is 5.32 Å². The van der Waals surface area contributed by atoms with E-state index in [4.69, 9.17) is 23.2 Å². The number of aromatic nitrogens is 3. The van der Waals surface area contributed by atoms with Crippen molar-refractivity contribution in [1.82, 2.24) is 15.0 Å². The standard InChI is InChI=1S/C21H14Cl2N4O/c22-16-5-1-14(2-6-16)20-13-24-26-27(20)19-11-3-15(4-12-19)21(28)25-18-9-7-17(23)8-10-18/h1-13H,(H,25,28). The maximum absolute atomic E-state index is 12.4. The fraction of sp³-hybridized carbons (Fsp3) is 0. The van der Waals surface area contributed by atoms with Gasteiger partial charge in [0.05, 0.1) is 17.6 Å². The minimum Gasteiger partial charge on any atom is -0.322 e. The fourth-order valence-corrected chi connectivity index (χ4v) is 2.99. The van der Waals surface area contributed by atoms with Crippen LogP contribution < -0.4 is 5.32 Å². The second-order valence-corrected chi connectivity index (χ2v) is 6.92. The number of hydrogen-bond acceptors (Lipinski definition) is 3. The lowest BCUT2D eigenvalue weighted by molar-refractivity contribution is 0.102. The molecule has 0 spiro atoms. The monoisotopic (exact) mass is 408 g/mol. The molecular weight excluding hydrogens is 395 g/mol. The zero-order valence-electron chi connectivity index (χ0n) is 14.5. The summed E-state index contributed by atoms with van der Waals surface area (Å²) in [6, 6.07) is 21.5. The Kier molecular flexibility index (Phi) is 5.10. The lowest BCUT2D eigenvalue weighted by Crippen LogP contribution is -2.12. The Morgan fingerprint density at radius 2 is 1.43 bits per heavy atom. The number of carbonyl (C=O) groups excluding carboxylic acids is 1. The van der Waals surface area contributed by atoms with Crippen LogP contribution in [0.3, 0.4) is 0 Å². The largest absolute Gasteiger partial charge is 0.322 e. The summed E-state index contributed by atoms with van der Waals surface area (Å²) in [5.41, 5.74) is 3.78. The van der Waals surface area contributed by atoms with Crippen molar-refractivity contribution < 1.29 is 4.79 Å². The van der Waals surface area contributed by atoms with Crippen LogP contribution in [-0.2, 0) is 0 Å². The Hall–Kier alpha value is -3.15. The molecule has 0 aliphatic heterocycles. The van der Waals surface area contributed by atoms with E-state index in [-0.39, 0.29) is 5.91 Å². The molecule has 5 nitrogen and oxygen atoms in total. The molecule has 138 valence electrons. The predicted molar refractivity (Wildman–Crippen MR) is 111 cm³/mol. The van der Waals surface area contributed by atoms with Crippen LogP contribution in [-0.4, -0.2) is 20.9 Å². The molecule has 1 amide bonds. The highest BCUT2D eigenvalue weighted by Gasteiger charge is 2.11. The van der Waals surface area contributed by atoms with Crippen LogP contribution >= 0.6 is 23.2 Å². The van der Waals surface area contributed by atoms with Gasteiger partial charge < -0.3 is 5.32 Å². The Labute approximate surface area is 171 Å². The van der Waals surface area contributed by atoms with E-state index in [9.17, 15) is 4.79 Å². The number of carbonyl (C=O) groups is 1. The lowest BCUT2D eigenvalue weighted by Gasteiger charge is -2.08. The fourth-order valence-electron chi connectivity index (χ4n) is 2.73. The van der Waals surface area contributed by atoms with E-state index in [1.165, 1.54) is 0 Å². The first-order valence-electron chi connectivity index (χ1n) is 8.44. The Bertz CT molecular complexity index is 1100. The first-order valence-corrected chi connectivity index (χ1v) is 9.20. The third kappa shape index (κ3) is 3.91. The molecule has 4 aromatic rings. The van der Waals surface area contributed by atoms with Crippen LogP contribution in [0.2, 0.25) is 10.0 Å². The van der Waals surface area contributed by atoms with Crippen molar-refractivity contribution in [1.29, 1.82) is 0 Å². The third-order valence-electron chi connectivity index (χ3n) is 4.17. The van der Waals surface area contributed by atoms with Crippen LogP contribution in [0.15, 0.2) is 79.0 Å². The summed E-state index contributed by atoms with van der Waals surface area (Å²) >= 11 is 11.8. The van der Waals surface area contributed by atoms with E-state index in [0.29, 0.717) is 21.3 Å². The summed E-state index contributed by atoms with van der Waals surface area (Å²) in [5, 5.41) is 12.3. The number of nitrogens with zero attached hydrogens (tertiary/aromatic N) is 3. The Balaban J connectivity index is 1.55. The smallest absolute Gasteiger partial charge is 0.255 e. The van der Waals surface area contributed by atoms with Gasteiger partial charge in [-0.1, -0.05) is 40.5 Å². The van der Waals surface area contributed by atoms with Crippen LogP contribution in [0.1, 0.15) is 10.4 Å². The number of benzene rings is 3.